The van der Waals surface area contributed by atoms with Gasteiger partial charge in [-0.1, -0.05) is 12.1 Å². The average Bonchev–Trinajstić information content (AvgIpc) is 2.80. The molecular formula is C15H23NO3. The highest BCUT2D eigenvalue weighted by molar-refractivity contribution is 5.31. The van der Waals surface area contributed by atoms with Gasteiger partial charge in [0.25, 0.3) is 0 Å². The fourth-order valence-electron chi connectivity index (χ4n) is 2.65. The summed E-state index contributed by atoms with van der Waals surface area (Å²) in [4.78, 5) is 2.29. The Morgan fingerprint density at radius 1 is 1.42 bits per heavy atom. The number of methoxy groups -OCH3 is 1. The number of ether oxygens (including phenoxy) is 2. The lowest BCUT2D eigenvalue weighted by molar-refractivity contribution is 0.103. The van der Waals surface area contributed by atoms with Crippen molar-refractivity contribution in [2.24, 2.45) is 0 Å². The van der Waals surface area contributed by atoms with E-state index >= 15 is 0 Å². The van der Waals surface area contributed by atoms with Crippen LogP contribution in [0.1, 0.15) is 24.9 Å². The van der Waals surface area contributed by atoms with E-state index in [0.717, 1.165) is 31.9 Å². The molecule has 0 aromatic heterocycles. The van der Waals surface area contributed by atoms with Crippen molar-refractivity contribution in [3.8, 4) is 5.75 Å². The number of hydrogen-bond acceptors (Lipinski definition) is 4. The van der Waals surface area contributed by atoms with Gasteiger partial charge in [0.1, 0.15) is 5.75 Å². The summed E-state index contributed by atoms with van der Waals surface area (Å²) in [6.45, 7) is 5.02. The Bertz CT molecular complexity index is 397. The van der Waals surface area contributed by atoms with Crippen molar-refractivity contribution in [3.05, 3.63) is 29.8 Å². The maximum absolute atomic E-state index is 9.90. The standard InChI is InChI=1S/C15H23NO3/c1-3-19-8-7-16-11-13(17)10-15(16)12-5-4-6-14(9-12)18-2/h4-6,9,13,15,17H,3,7-8,10-11H2,1-2H3/t13-,15+/m1/s1. The van der Waals surface area contributed by atoms with Crippen molar-refractivity contribution in [1.82, 2.24) is 4.90 Å². The Hall–Kier alpha value is -1.10. The first-order valence-electron chi connectivity index (χ1n) is 6.88. The smallest absolute Gasteiger partial charge is 0.119 e. The number of aliphatic hydroxyl groups is 1. The van der Waals surface area contributed by atoms with E-state index in [1.807, 2.05) is 19.1 Å². The maximum atomic E-state index is 9.90. The fourth-order valence-corrected chi connectivity index (χ4v) is 2.65. The van der Waals surface area contributed by atoms with E-state index in [1.165, 1.54) is 5.56 Å². The summed E-state index contributed by atoms with van der Waals surface area (Å²) in [6.07, 6.45) is 0.525. The second-order valence-electron chi connectivity index (χ2n) is 4.87. The van der Waals surface area contributed by atoms with Crippen LogP contribution in [0, 0.1) is 0 Å². The van der Waals surface area contributed by atoms with Crippen LogP contribution in [0.3, 0.4) is 0 Å². The van der Waals surface area contributed by atoms with Gasteiger partial charge >= 0.3 is 0 Å². The molecule has 0 saturated carbocycles. The predicted octanol–water partition coefficient (Wildman–Crippen LogP) is 1.84. The highest BCUT2D eigenvalue weighted by Gasteiger charge is 2.31. The molecule has 1 saturated heterocycles. The van der Waals surface area contributed by atoms with Gasteiger partial charge in [-0.3, -0.25) is 4.90 Å². The highest BCUT2D eigenvalue weighted by atomic mass is 16.5. The Balaban J connectivity index is 2.06. The molecule has 0 unspecified atom stereocenters. The fraction of sp³-hybridized carbons (Fsp3) is 0.600. The van der Waals surface area contributed by atoms with Crippen molar-refractivity contribution in [1.29, 1.82) is 0 Å². The van der Waals surface area contributed by atoms with Gasteiger partial charge in [0.15, 0.2) is 0 Å². The molecule has 1 fully saturated rings. The Labute approximate surface area is 114 Å². The molecule has 0 spiro atoms. The van der Waals surface area contributed by atoms with Gasteiger partial charge in [-0.2, -0.15) is 0 Å². The van der Waals surface area contributed by atoms with Crippen LogP contribution < -0.4 is 4.74 Å². The van der Waals surface area contributed by atoms with Crippen molar-refractivity contribution < 1.29 is 14.6 Å². The van der Waals surface area contributed by atoms with Gasteiger partial charge in [0.05, 0.1) is 19.8 Å². The molecule has 1 aliphatic rings. The quantitative estimate of drug-likeness (QED) is 0.797. The van der Waals surface area contributed by atoms with Crippen molar-refractivity contribution in [2.75, 3.05) is 33.4 Å². The Morgan fingerprint density at radius 3 is 3.00 bits per heavy atom. The van der Waals surface area contributed by atoms with Gasteiger partial charge in [-0.15, -0.1) is 0 Å². The van der Waals surface area contributed by atoms with E-state index in [0.29, 0.717) is 6.61 Å². The Kier molecular flexibility index (Phi) is 5.19. The number of β-amino-alcohol motifs (C(OH)–C–C–N with tert-alkyl or cyclic N) is 1. The zero-order valence-electron chi connectivity index (χ0n) is 11.7. The number of aliphatic hydroxyl groups excluding tert-OH is 1. The minimum Gasteiger partial charge on any atom is -0.497 e. The van der Waals surface area contributed by atoms with Crippen LogP contribution >= 0.6 is 0 Å². The summed E-state index contributed by atoms with van der Waals surface area (Å²) in [6, 6.07) is 8.35. The van der Waals surface area contributed by atoms with Crippen LogP contribution in [0.4, 0.5) is 0 Å². The summed E-state index contributed by atoms with van der Waals surface area (Å²) >= 11 is 0. The molecule has 0 amide bonds. The number of nitrogens with zero attached hydrogens (tertiary/aromatic N) is 1. The molecule has 1 aromatic carbocycles. The molecule has 2 atom stereocenters. The van der Waals surface area contributed by atoms with Crippen molar-refractivity contribution >= 4 is 0 Å². The molecule has 0 radical (unpaired) electrons. The number of likely N-dealkylation sites (tertiary alicyclic amines) is 1. The molecule has 1 heterocycles. The van der Waals surface area contributed by atoms with Gasteiger partial charge in [-0.25, -0.2) is 0 Å². The van der Waals surface area contributed by atoms with Gasteiger partial charge in [-0.05, 0) is 31.0 Å². The molecule has 1 aliphatic heterocycles. The summed E-state index contributed by atoms with van der Waals surface area (Å²) < 4.78 is 10.7. The van der Waals surface area contributed by atoms with E-state index in [4.69, 9.17) is 9.47 Å². The summed E-state index contributed by atoms with van der Waals surface area (Å²) in [5, 5.41) is 9.90. The SMILES string of the molecule is CCOCCN1C[C@H](O)C[C@H]1c1cccc(OC)c1. The summed E-state index contributed by atoms with van der Waals surface area (Å²) in [5.41, 5.74) is 1.20. The van der Waals surface area contributed by atoms with Crippen molar-refractivity contribution in [2.45, 2.75) is 25.5 Å². The van der Waals surface area contributed by atoms with Crippen LogP contribution in [-0.2, 0) is 4.74 Å². The second kappa shape index (κ2) is 6.89. The number of rotatable bonds is 6. The van der Waals surface area contributed by atoms with Crippen LogP contribution in [-0.4, -0.2) is 49.5 Å². The van der Waals surface area contributed by atoms with Gasteiger partial charge < -0.3 is 14.6 Å². The number of hydrogen-bond donors (Lipinski definition) is 1. The van der Waals surface area contributed by atoms with Crippen LogP contribution in [0.15, 0.2) is 24.3 Å². The van der Waals surface area contributed by atoms with E-state index < -0.39 is 0 Å². The highest BCUT2D eigenvalue weighted by Crippen LogP contribution is 2.33. The molecule has 4 nitrogen and oxygen atoms in total. The molecule has 2 rings (SSSR count). The maximum Gasteiger partial charge on any atom is 0.119 e. The molecule has 19 heavy (non-hydrogen) atoms. The van der Waals surface area contributed by atoms with Gasteiger partial charge in [0.2, 0.25) is 0 Å². The minimum atomic E-state index is -0.252. The summed E-state index contributed by atoms with van der Waals surface area (Å²) in [7, 11) is 1.68. The lowest BCUT2D eigenvalue weighted by Crippen LogP contribution is -2.28. The van der Waals surface area contributed by atoms with Crippen LogP contribution in [0.25, 0.3) is 0 Å². The molecular weight excluding hydrogens is 242 g/mol. The van der Waals surface area contributed by atoms with E-state index in [1.54, 1.807) is 7.11 Å². The minimum absolute atomic E-state index is 0.252. The zero-order valence-corrected chi connectivity index (χ0v) is 11.7. The topological polar surface area (TPSA) is 41.9 Å². The third kappa shape index (κ3) is 3.69. The second-order valence-corrected chi connectivity index (χ2v) is 4.87. The van der Waals surface area contributed by atoms with Crippen LogP contribution in [0.2, 0.25) is 0 Å². The van der Waals surface area contributed by atoms with E-state index in [-0.39, 0.29) is 12.1 Å². The molecule has 0 aliphatic carbocycles. The largest absolute Gasteiger partial charge is 0.497 e. The van der Waals surface area contributed by atoms with Crippen LogP contribution in [0.5, 0.6) is 5.75 Å². The first kappa shape index (κ1) is 14.3. The molecule has 0 bridgehead atoms. The van der Waals surface area contributed by atoms with Gasteiger partial charge in [0, 0.05) is 25.7 Å². The monoisotopic (exact) mass is 265 g/mol. The first-order valence-corrected chi connectivity index (χ1v) is 6.88. The lowest BCUT2D eigenvalue weighted by Gasteiger charge is -2.24. The van der Waals surface area contributed by atoms with E-state index in [2.05, 4.69) is 17.0 Å². The predicted molar refractivity (Wildman–Crippen MR) is 74.4 cm³/mol. The summed E-state index contributed by atoms with van der Waals surface area (Å²) in [5.74, 6) is 0.864. The third-order valence-electron chi connectivity index (χ3n) is 3.59. The van der Waals surface area contributed by atoms with Crippen molar-refractivity contribution in [3.63, 3.8) is 0 Å². The molecule has 1 aromatic rings. The first-order chi connectivity index (χ1) is 9.24. The average molecular weight is 265 g/mol. The molecule has 1 N–H and O–H groups in total. The molecule has 106 valence electrons. The molecule has 4 heteroatoms. The van der Waals surface area contributed by atoms with E-state index in [9.17, 15) is 5.11 Å². The number of benzene rings is 1. The zero-order chi connectivity index (χ0) is 13.7. The normalized spacial score (nSPS) is 23.7. The Morgan fingerprint density at radius 2 is 2.26 bits per heavy atom. The lowest BCUT2D eigenvalue weighted by atomic mass is 10.0. The third-order valence-corrected chi connectivity index (χ3v) is 3.59.